The first-order valence-corrected chi connectivity index (χ1v) is 10.1. The van der Waals surface area contributed by atoms with Crippen molar-refractivity contribution in [1.82, 2.24) is 19.7 Å². The summed E-state index contributed by atoms with van der Waals surface area (Å²) in [6.07, 6.45) is 0. The third-order valence-corrected chi connectivity index (χ3v) is 5.42. The second-order valence-corrected chi connectivity index (χ2v) is 7.93. The fraction of sp³-hybridized carbons (Fsp3) is 0.348. The van der Waals surface area contributed by atoms with Gasteiger partial charge in [-0.15, -0.1) is 5.10 Å². The lowest BCUT2D eigenvalue weighted by molar-refractivity contribution is 0.0976. The smallest absolute Gasteiger partial charge is 0.298 e. The van der Waals surface area contributed by atoms with E-state index in [9.17, 15) is 4.79 Å². The minimum absolute atomic E-state index is 0.156. The van der Waals surface area contributed by atoms with Crippen LogP contribution >= 0.6 is 0 Å². The molecule has 150 valence electrons. The molecule has 0 saturated carbocycles. The molecule has 6 heteroatoms. The second-order valence-electron chi connectivity index (χ2n) is 7.93. The van der Waals surface area contributed by atoms with Gasteiger partial charge in [0, 0.05) is 25.3 Å². The fourth-order valence-electron chi connectivity index (χ4n) is 3.88. The van der Waals surface area contributed by atoms with Crippen molar-refractivity contribution >= 4 is 11.6 Å². The summed E-state index contributed by atoms with van der Waals surface area (Å²) in [4.78, 5) is 22.0. The van der Waals surface area contributed by atoms with E-state index in [1.54, 1.807) is 4.68 Å². The lowest BCUT2D eigenvalue weighted by atomic mass is 10.0. The minimum Gasteiger partial charge on any atom is -0.304 e. The maximum atomic E-state index is 13.4. The molecule has 0 unspecified atom stereocenters. The van der Waals surface area contributed by atoms with Gasteiger partial charge >= 0.3 is 0 Å². The van der Waals surface area contributed by atoms with Crippen molar-refractivity contribution in [2.24, 2.45) is 0 Å². The molecule has 0 bridgehead atoms. The highest BCUT2D eigenvalue weighted by atomic mass is 16.2. The molecular formula is C23H27N5O. The largest absolute Gasteiger partial charge is 0.304 e. The molecule has 0 radical (unpaired) electrons. The molecule has 0 atom stereocenters. The molecule has 0 fully saturated rings. The van der Waals surface area contributed by atoms with Crippen LogP contribution in [0.5, 0.6) is 0 Å². The number of likely N-dealkylation sites (N-methyl/N-ethyl adjacent to an activating group) is 1. The Hall–Kier alpha value is -2.99. The Bertz CT molecular complexity index is 1040. The summed E-state index contributed by atoms with van der Waals surface area (Å²) in [5.41, 5.74) is 4.24. The molecule has 0 N–H and O–H groups in total. The van der Waals surface area contributed by atoms with Gasteiger partial charge in [0.05, 0.1) is 5.69 Å². The highest BCUT2D eigenvalue weighted by Crippen LogP contribution is 2.27. The molecule has 1 aliphatic rings. The number of amides is 1. The molecule has 2 aromatic carbocycles. The van der Waals surface area contributed by atoms with Crippen molar-refractivity contribution in [2.75, 3.05) is 25.0 Å². The molecule has 4 rings (SSSR count). The van der Waals surface area contributed by atoms with Crippen LogP contribution in [-0.2, 0) is 6.54 Å². The average molecular weight is 390 g/mol. The first kappa shape index (κ1) is 19.3. The highest BCUT2D eigenvalue weighted by molar-refractivity contribution is 6.04. The number of para-hydroxylation sites is 2. The molecule has 3 aromatic rings. The maximum absolute atomic E-state index is 13.4. The van der Waals surface area contributed by atoms with Gasteiger partial charge in [0.25, 0.3) is 5.91 Å². The van der Waals surface area contributed by atoms with Crippen LogP contribution < -0.4 is 4.90 Å². The van der Waals surface area contributed by atoms with Crippen LogP contribution in [0.15, 0.2) is 48.5 Å². The molecule has 29 heavy (non-hydrogen) atoms. The number of aryl methyl sites for hydroxylation is 1. The van der Waals surface area contributed by atoms with Crippen molar-refractivity contribution in [3.05, 3.63) is 71.3 Å². The summed E-state index contributed by atoms with van der Waals surface area (Å²) in [7, 11) is 2.07. The number of fused-ring (bicyclic) bond motifs is 1. The normalized spacial score (nSPS) is 14.7. The lowest BCUT2D eigenvalue weighted by Crippen LogP contribution is -2.35. The quantitative estimate of drug-likeness (QED) is 0.684. The molecule has 1 amide bonds. The Morgan fingerprint density at radius 1 is 1.00 bits per heavy atom. The van der Waals surface area contributed by atoms with Crippen LogP contribution in [0.1, 0.15) is 47.3 Å². The first-order chi connectivity index (χ1) is 14.0. The predicted octanol–water partition coefficient (Wildman–Crippen LogP) is 3.79. The zero-order valence-electron chi connectivity index (χ0n) is 17.5. The summed E-state index contributed by atoms with van der Waals surface area (Å²) in [6, 6.07) is 16.2. The van der Waals surface area contributed by atoms with E-state index in [2.05, 4.69) is 48.0 Å². The number of anilines is 1. The van der Waals surface area contributed by atoms with E-state index in [0.717, 1.165) is 30.0 Å². The number of aromatic nitrogens is 3. The van der Waals surface area contributed by atoms with E-state index in [1.165, 1.54) is 5.56 Å². The summed E-state index contributed by atoms with van der Waals surface area (Å²) in [5.74, 6) is 1.14. The molecule has 1 aliphatic heterocycles. The predicted molar refractivity (Wildman–Crippen MR) is 115 cm³/mol. The second kappa shape index (κ2) is 7.79. The average Bonchev–Trinajstić information content (AvgIpc) is 3.01. The van der Waals surface area contributed by atoms with Gasteiger partial charge in [-0.3, -0.25) is 4.79 Å². The van der Waals surface area contributed by atoms with Crippen molar-refractivity contribution < 1.29 is 4.79 Å². The Morgan fingerprint density at radius 2 is 1.69 bits per heavy atom. The van der Waals surface area contributed by atoms with Gasteiger partial charge in [-0.1, -0.05) is 50.2 Å². The Balaban J connectivity index is 1.73. The molecule has 6 nitrogen and oxygen atoms in total. The number of nitrogens with zero attached hydrogens (tertiary/aromatic N) is 5. The first-order valence-electron chi connectivity index (χ1n) is 10.1. The molecule has 0 aliphatic carbocycles. The van der Waals surface area contributed by atoms with E-state index >= 15 is 0 Å². The van der Waals surface area contributed by atoms with Crippen molar-refractivity contribution in [3.8, 4) is 5.69 Å². The number of benzene rings is 2. The van der Waals surface area contributed by atoms with E-state index in [1.807, 2.05) is 48.2 Å². The van der Waals surface area contributed by atoms with Crippen molar-refractivity contribution in [1.29, 1.82) is 0 Å². The Morgan fingerprint density at radius 3 is 2.45 bits per heavy atom. The van der Waals surface area contributed by atoms with Crippen LogP contribution in [0.4, 0.5) is 5.69 Å². The van der Waals surface area contributed by atoms with Gasteiger partial charge in [0.2, 0.25) is 5.82 Å². The molecule has 1 aromatic heterocycles. The van der Waals surface area contributed by atoms with Crippen molar-refractivity contribution in [3.63, 3.8) is 0 Å². The SMILES string of the molecule is Cc1nc(C(=O)N2CCN(C)Cc3ccccc32)nn1-c1ccccc1C(C)C. The number of rotatable bonds is 3. The number of hydrogen-bond acceptors (Lipinski definition) is 4. The minimum atomic E-state index is -0.156. The van der Waals surface area contributed by atoms with Crippen LogP contribution in [0.2, 0.25) is 0 Å². The van der Waals surface area contributed by atoms with E-state index in [-0.39, 0.29) is 11.7 Å². The fourth-order valence-corrected chi connectivity index (χ4v) is 3.88. The zero-order chi connectivity index (χ0) is 20.5. The monoisotopic (exact) mass is 389 g/mol. The van der Waals surface area contributed by atoms with Gasteiger partial charge in [0.15, 0.2) is 0 Å². The van der Waals surface area contributed by atoms with Gasteiger partial charge in [-0.05, 0) is 43.1 Å². The lowest BCUT2D eigenvalue weighted by Gasteiger charge is -2.21. The molecule has 0 spiro atoms. The number of hydrogen-bond donors (Lipinski definition) is 0. The summed E-state index contributed by atoms with van der Waals surface area (Å²) >= 11 is 0. The van der Waals surface area contributed by atoms with Crippen LogP contribution in [0.3, 0.4) is 0 Å². The van der Waals surface area contributed by atoms with Crippen LogP contribution in [0, 0.1) is 6.92 Å². The standard InChI is InChI=1S/C23H27N5O/c1-16(2)19-10-6-8-12-21(19)28-17(3)24-22(25-28)23(29)27-14-13-26(4)15-18-9-5-7-11-20(18)27/h5-12,16H,13-15H2,1-4H3. The van der Waals surface area contributed by atoms with Crippen molar-refractivity contribution in [2.45, 2.75) is 33.2 Å². The number of carbonyl (C=O) groups excluding carboxylic acids is 1. The topological polar surface area (TPSA) is 54.3 Å². The highest BCUT2D eigenvalue weighted by Gasteiger charge is 2.27. The van der Waals surface area contributed by atoms with E-state index < -0.39 is 0 Å². The maximum Gasteiger partial charge on any atom is 0.298 e. The third kappa shape index (κ3) is 3.68. The summed E-state index contributed by atoms with van der Waals surface area (Å²) in [5, 5.41) is 4.62. The van der Waals surface area contributed by atoms with Gasteiger partial charge in [0.1, 0.15) is 5.82 Å². The molecule has 2 heterocycles. The number of carbonyl (C=O) groups is 1. The summed E-state index contributed by atoms with van der Waals surface area (Å²) in [6.45, 7) is 8.44. The van der Waals surface area contributed by atoms with Gasteiger partial charge < -0.3 is 9.80 Å². The molecule has 0 saturated heterocycles. The van der Waals surface area contributed by atoms with Gasteiger partial charge in [-0.25, -0.2) is 9.67 Å². The van der Waals surface area contributed by atoms with Crippen LogP contribution in [-0.4, -0.2) is 45.7 Å². The Kier molecular flexibility index (Phi) is 5.20. The van der Waals surface area contributed by atoms with E-state index in [4.69, 9.17) is 0 Å². The van der Waals surface area contributed by atoms with Gasteiger partial charge in [-0.2, -0.15) is 0 Å². The summed E-state index contributed by atoms with van der Waals surface area (Å²) < 4.78 is 1.79. The third-order valence-electron chi connectivity index (χ3n) is 5.42. The van der Waals surface area contributed by atoms with Crippen LogP contribution in [0.25, 0.3) is 5.69 Å². The van der Waals surface area contributed by atoms with E-state index in [0.29, 0.717) is 18.3 Å². The zero-order valence-corrected chi connectivity index (χ0v) is 17.5. The molecular weight excluding hydrogens is 362 g/mol. The Labute approximate surface area is 171 Å².